The molecule has 2 aromatic rings. The second-order valence-electron chi connectivity index (χ2n) is 3.51. The number of ether oxygens (including phenoxy) is 1. The van der Waals surface area contributed by atoms with E-state index in [4.69, 9.17) is 15.7 Å². The summed E-state index contributed by atoms with van der Waals surface area (Å²) < 4.78 is 42.6. The van der Waals surface area contributed by atoms with Gasteiger partial charge in [-0.05, 0) is 12.1 Å². The molecule has 0 atom stereocenters. The van der Waals surface area contributed by atoms with Crippen molar-refractivity contribution < 1.29 is 17.9 Å². The number of halogens is 3. The van der Waals surface area contributed by atoms with Gasteiger partial charge in [-0.2, -0.15) is 33.4 Å². The van der Waals surface area contributed by atoms with Crippen LogP contribution in [0, 0.1) is 11.3 Å². The molecule has 2 rings (SSSR count). The molecule has 1 aromatic heterocycles. The summed E-state index contributed by atoms with van der Waals surface area (Å²) in [7, 11) is 0. The molecular formula is C11H6F3N5O. The van der Waals surface area contributed by atoms with Crippen LogP contribution in [0.25, 0.3) is 0 Å². The third-order valence-corrected chi connectivity index (χ3v) is 2.09. The van der Waals surface area contributed by atoms with Crippen molar-refractivity contribution in [1.82, 2.24) is 15.0 Å². The first-order valence-electron chi connectivity index (χ1n) is 5.16. The second-order valence-corrected chi connectivity index (χ2v) is 3.51. The van der Waals surface area contributed by atoms with Gasteiger partial charge in [0.25, 0.3) is 0 Å². The number of nitrogens with two attached hydrogens (primary N) is 1. The molecular weight excluding hydrogens is 275 g/mol. The predicted octanol–water partition coefficient (Wildman–Crippen LogP) is 2.14. The minimum atomic E-state index is -4.77. The Morgan fingerprint density at radius 1 is 1.15 bits per heavy atom. The summed E-state index contributed by atoms with van der Waals surface area (Å²) >= 11 is 0. The standard InChI is InChI=1S/C11H6F3N5O/c12-11(13,14)8-17-9(16)19-10(18-8)20-7-4-2-1-3-6(7)5-15/h1-4H,(H2,16,17,18,19). The van der Waals surface area contributed by atoms with Crippen LogP contribution in [-0.2, 0) is 6.18 Å². The maximum Gasteiger partial charge on any atom is 0.451 e. The number of alkyl halides is 3. The summed E-state index contributed by atoms with van der Waals surface area (Å²) in [5.74, 6) is -2.07. The minimum absolute atomic E-state index is 0.0220. The number of nitriles is 1. The maximum atomic E-state index is 12.5. The molecule has 0 aliphatic rings. The number of para-hydroxylation sites is 1. The number of hydrogen-bond acceptors (Lipinski definition) is 6. The van der Waals surface area contributed by atoms with E-state index in [2.05, 4.69) is 15.0 Å². The summed E-state index contributed by atoms with van der Waals surface area (Å²) in [6.45, 7) is 0. The molecule has 0 aliphatic carbocycles. The Kier molecular flexibility index (Phi) is 3.39. The topological polar surface area (TPSA) is 97.7 Å². The smallest absolute Gasteiger partial charge is 0.423 e. The Morgan fingerprint density at radius 2 is 1.85 bits per heavy atom. The highest BCUT2D eigenvalue weighted by molar-refractivity contribution is 5.43. The lowest BCUT2D eigenvalue weighted by molar-refractivity contribution is -0.145. The molecule has 2 N–H and O–H groups in total. The van der Waals surface area contributed by atoms with Crippen molar-refractivity contribution in [3.8, 4) is 17.8 Å². The lowest BCUT2D eigenvalue weighted by atomic mass is 10.2. The third-order valence-electron chi connectivity index (χ3n) is 2.09. The molecule has 0 radical (unpaired) electrons. The molecule has 0 saturated heterocycles. The van der Waals surface area contributed by atoms with Gasteiger partial charge in [0.15, 0.2) is 0 Å². The van der Waals surface area contributed by atoms with Crippen LogP contribution in [0.15, 0.2) is 24.3 Å². The van der Waals surface area contributed by atoms with E-state index in [0.29, 0.717) is 0 Å². The van der Waals surface area contributed by atoms with Crippen molar-refractivity contribution in [3.05, 3.63) is 35.7 Å². The van der Waals surface area contributed by atoms with Gasteiger partial charge in [-0.25, -0.2) is 0 Å². The van der Waals surface area contributed by atoms with E-state index in [1.165, 1.54) is 12.1 Å². The number of benzene rings is 1. The first kappa shape index (κ1) is 13.5. The summed E-state index contributed by atoms with van der Waals surface area (Å²) in [6, 6.07) is 7.15. The molecule has 0 bridgehead atoms. The molecule has 6 nitrogen and oxygen atoms in total. The number of nitrogen functional groups attached to an aromatic ring is 1. The second kappa shape index (κ2) is 5.00. The Labute approximate surface area is 110 Å². The molecule has 0 unspecified atom stereocenters. The number of aromatic nitrogens is 3. The van der Waals surface area contributed by atoms with Crippen molar-refractivity contribution in [1.29, 1.82) is 5.26 Å². The van der Waals surface area contributed by atoms with Gasteiger partial charge in [0, 0.05) is 0 Å². The van der Waals surface area contributed by atoms with Crippen molar-refractivity contribution >= 4 is 5.95 Å². The zero-order valence-electron chi connectivity index (χ0n) is 9.72. The number of nitrogens with zero attached hydrogens (tertiary/aromatic N) is 4. The summed E-state index contributed by atoms with van der Waals surface area (Å²) in [5, 5.41) is 8.85. The lowest BCUT2D eigenvalue weighted by Crippen LogP contribution is -2.14. The van der Waals surface area contributed by atoms with Gasteiger partial charge in [-0.15, -0.1) is 0 Å². The highest BCUT2D eigenvalue weighted by Gasteiger charge is 2.36. The molecule has 0 saturated carbocycles. The van der Waals surface area contributed by atoms with Crippen LogP contribution in [-0.4, -0.2) is 15.0 Å². The summed E-state index contributed by atoms with van der Waals surface area (Å²) in [4.78, 5) is 9.53. The number of anilines is 1. The number of hydrogen-bond donors (Lipinski definition) is 1. The van der Waals surface area contributed by atoms with Crippen LogP contribution < -0.4 is 10.5 Å². The molecule has 20 heavy (non-hydrogen) atoms. The van der Waals surface area contributed by atoms with Gasteiger partial charge in [0.05, 0.1) is 5.56 Å². The van der Waals surface area contributed by atoms with Crippen molar-refractivity contribution in [2.75, 3.05) is 5.73 Å². The summed E-state index contributed by atoms with van der Waals surface area (Å²) in [6.07, 6.45) is -4.77. The molecule has 0 spiro atoms. The molecule has 0 aliphatic heterocycles. The highest BCUT2D eigenvalue weighted by Crippen LogP contribution is 2.29. The van der Waals surface area contributed by atoms with E-state index in [-0.39, 0.29) is 11.3 Å². The van der Waals surface area contributed by atoms with E-state index < -0.39 is 24.0 Å². The Hall–Kier alpha value is -2.89. The zero-order valence-corrected chi connectivity index (χ0v) is 9.72. The average Bonchev–Trinajstić information content (AvgIpc) is 2.37. The quantitative estimate of drug-likeness (QED) is 0.905. The molecule has 0 amide bonds. The van der Waals surface area contributed by atoms with E-state index in [1.807, 2.05) is 6.07 Å². The van der Waals surface area contributed by atoms with Crippen LogP contribution >= 0.6 is 0 Å². The fourth-order valence-corrected chi connectivity index (χ4v) is 1.29. The van der Waals surface area contributed by atoms with Crippen molar-refractivity contribution in [3.63, 3.8) is 0 Å². The Balaban J connectivity index is 2.40. The van der Waals surface area contributed by atoms with Gasteiger partial charge in [-0.1, -0.05) is 12.1 Å². The largest absolute Gasteiger partial charge is 0.451 e. The monoisotopic (exact) mass is 281 g/mol. The van der Waals surface area contributed by atoms with E-state index in [1.54, 1.807) is 12.1 Å². The number of rotatable bonds is 2. The minimum Gasteiger partial charge on any atom is -0.423 e. The van der Waals surface area contributed by atoms with Gasteiger partial charge >= 0.3 is 12.2 Å². The van der Waals surface area contributed by atoms with Crippen molar-refractivity contribution in [2.45, 2.75) is 6.18 Å². The van der Waals surface area contributed by atoms with E-state index >= 15 is 0 Å². The average molecular weight is 281 g/mol. The van der Waals surface area contributed by atoms with E-state index in [9.17, 15) is 13.2 Å². The van der Waals surface area contributed by atoms with Crippen molar-refractivity contribution in [2.24, 2.45) is 0 Å². The molecule has 1 aromatic carbocycles. The Morgan fingerprint density at radius 3 is 2.50 bits per heavy atom. The third kappa shape index (κ3) is 2.92. The highest BCUT2D eigenvalue weighted by atomic mass is 19.4. The SMILES string of the molecule is N#Cc1ccccc1Oc1nc(N)nc(C(F)(F)F)n1. The first-order chi connectivity index (χ1) is 9.40. The maximum absolute atomic E-state index is 12.5. The predicted molar refractivity (Wildman–Crippen MR) is 60.5 cm³/mol. The Bertz CT molecular complexity index is 680. The van der Waals surface area contributed by atoms with E-state index in [0.717, 1.165) is 0 Å². The van der Waals surface area contributed by atoms with Gasteiger partial charge in [0.1, 0.15) is 11.8 Å². The molecule has 0 fully saturated rings. The molecule has 102 valence electrons. The molecule has 9 heteroatoms. The normalized spacial score (nSPS) is 10.9. The fourth-order valence-electron chi connectivity index (χ4n) is 1.29. The van der Waals surface area contributed by atoms with Crippen LogP contribution in [0.5, 0.6) is 11.8 Å². The van der Waals surface area contributed by atoms with Crippen LogP contribution in [0.2, 0.25) is 0 Å². The van der Waals surface area contributed by atoms with Crippen LogP contribution in [0.3, 0.4) is 0 Å². The summed E-state index contributed by atoms with van der Waals surface area (Å²) in [5.41, 5.74) is 5.30. The lowest BCUT2D eigenvalue weighted by Gasteiger charge is -2.08. The van der Waals surface area contributed by atoms with Gasteiger partial charge in [0.2, 0.25) is 11.8 Å². The van der Waals surface area contributed by atoms with Gasteiger partial charge < -0.3 is 10.5 Å². The molecule has 1 heterocycles. The first-order valence-corrected chi connectivity index (χ1v) is 5.16. The van der Waals surface area contributed by atoms with Gasteiger partial charge in [-0.3, -0.25) is 0 Å². The van der Waals surface area contributed by atoms with Crippen LogP contribution in [0.4, 0.5) is 19.1 Å². The fraction of sp³-hybridized carbons (Fsp3) is 0.0909. The van der Waals surface area contributed by atoms with Crippen LogP contribution in [0.1, 0.15) is 11.4 Å². The zero-order chi connectivity index (χ0) is 14.8.